The van der Waals surface area contributed by atoms with Crippen molar-refractivity contribution in [3.05, 3.63) is 40.6 Å². The molecule has 3 rings (SSSR count). The molecular formula is C17H20BN3O6. The van der Waals surface area contributed by atoms with Gasteiger partial charge >= 0.3 is 13.1 Å². The molecule has 1 aliphatic rings. The van der Waals surface area contributed by atoms with Crippen LogP contribution in [0.3, 0.4) is 0 Å². The molecule has 1 fully saturated rings. The Morgan fingerprint density at radius 2 is 1.78 bits per heavy atom. The molecule has 2 heterocycles. The highest BCUT2D eigenvalue weighted by molar-refractivity contribution is 6.63. The number of aromatic nitrogens is 2. The van der Waals surface area contributed by atoms with Gasteiger partial charge in [0.1, 0.15) is 6.54 Å². The van der Waals surface area contributed by atoms with Gasteiger partial charge in [0.05, 0.1) is 21.8 Å². The predicted octanol–water partition coefficient (Wildman–Crippen LogP) is 1.84. The Hall–Kier alpha value is -2.72. The smallest absolute Gasteiger partial charge is 0.480 e. The zero-order valence-electron chi connectivity index (χ0n) is 15.5. The third kappa shape index (κ3) is 3.58. The molecule has 142 valence electrons. The molecule has 0 unspecified atom stereocenters. The Morgan fingerprint density at radius 1 is 1.22 bits per heavy atom. The van der Waals surface area contributed by atoms with E-state index in [9.17, 15) is 14.9 Å². The standard InChI is InChI=1S/C17H20BN3O6/c1-16(2)17(3,4)27-18(26-16)13-9-20(10-14(22)23)19-15(13)11-5-7-12(8-6-11)21(24)25/h5-9H,10H2,1-4H3,(H,22,23). The summed E-state index contributed by atoms with van der Waals surface area (Å²) in [5.41, 5.74) is 0.460. The number of carbonyl (C=O) groups is 1. The molecule has 0 radical (unpaired) electrons. The average molecular weight is 373 g/mol. The zero-order chi connectivity index (χ0) is 20.0. The molecule has 1 saturated heterocycles. The van der Waals surface area contributed by atoms with Gasteiger partial charge in [-0.05, 0) is 39.8 Å². The predicted molar refractivity (Wildman–Crippen MR) is 97.7 cm³/mol. The van der Waals surface area contributed by atoms with Gasteiger partial charge in [0.25, 0.3) is 5.69 Å². The number of hydrogen-bond acceptors (Lipinski definition) is 6. The van der Waals surface area contributed by atoms with Crippen LogP contribution in [0.25, 0.3) is 11.3 Å². The number of nitrogens with zero attached hydrogens (tertiary/aromatic N) is 3. The van der Waals surface area contributed by atoms with Gasteiger partial charge in [-0.25, -0.2) is 0 Å². The van der Waals surface area contributed by atoms with Crippen molar-refractivity contribution in [3.63, 3.8) is 0 Å². The first-order valence-electron chi connectivity index (χ1n) is 8.40. The van der Waals surface area contributed by atoms with E-state index in [0.717, 1.165) is 0 Å². The van der Waals surface area contributed by atoms with Crippen LogP contribution in [-0.2, 0) is 20.6 Å². The lowest BCUT2D eigenvalue weighted by molar-refractivity contribution is -0.384. The molecule has 0 spiro atoms. The molecule has 10 heteroatoms. The summed E-state index contributed by atoms with van der Waals surface area (Å²) in [5, 5.41) is 24.3. The summed E-state index contributed by atoms with van der Waals surface area (Å²) in [6.45, 7) is 7.35. The zero-order valence-corrected chi connectivity index (χ0v) is 15.5. The van der Waals surface area contributed by atoms with E-state index in [2.05, 4.69) is 5.10 Å². The Morgan fingerprint density at radius 3 is 2.26 bits per heavy atom. The normalized spacial score (nSPS) is 17.9. The highest BCUT2D eigenvalue weighted by Crippen LogP contribution is 2.37. The minimum absolute atomic E-state index is 0.0408. The second kappa shape index (κ2) is 6.47. The second-order valence-corrected chi connectivity index (χ2v) is 7.42. The van der Waals surface area contributed by atoms with Crippen molar-refractivity contribution in [2.24, 2.45) is 0 Å². The molecule has 1 aromatic heterocycles. The molecule has 1 aliphatic heterocycles. The number of non-ortho nitro benzene ring substituents is 1. The molecule has 1 aromatic carbocycles. The van der Waals surface area contributed by atoms with Gasteiger partial charge in [0, 0.05) is 29.4 Å². The van der Waals surface area contributed by atoms with E-state index >= 15 is 0 Å². The highest BCUT2D eigenvalue weighted by atomic mass is 16.7. The SMILES string of the molecule is CC1(C)OB(c2cn(CC(=O)O)nc2-c2ccc([N+](=O)[O-])cc2)OC1(C)C. The van der Waals surface area contributed by atoms with Crippen molar-refractivity contribution in [2.45, 2.75) is 45.4 Å². The average Bonchev–Trinajstić information content (AvgIpc) is 3.05. The number of carboxylic acid groups (broad SMARTS) is 1. The van der Waals surface area contributed by atoms with Gasteiger partial charge in [0.2, 0.25) is 0 Å². The number of rotatable bonds is 5. The van der Waals surface area contributed by atoms with Crippen molar-refractivity contribution in [3.8, 4) is 11.3 Å². The maximum Gasteiger partial charge on any atom is 0.498 e. The van der Waals surface area contributed by atoms with E-state index in [0.29, 0.717) is 16.7 Å². The summed E-state index contributed by atoms with van der Waals surface area (Å²) >= 11 is 0. The van der Waals surface area contributed by atoms with Gasteiger partial charge < -0.3 is 14.4 Å². The first-order valence-corrected chi connectivity index (χ1v) is 8.40. The summed E-state index contributed by atoms with van der Waals surface area (Å²) in [7, 11) is -0.734. The van der Waals surface area contributed by atoms with E-state index in [4.69, 9.17) is 14.4 Å². The number of benzene rings is 1. The van der Waals surface area contributed by atoms with Gasteiger partial charge in [-0.2, -0.15) is 5.10 Å². The number of nitro benzene ring substituents is 1. The number of nitro groups is 1. The van der Waals surface area contributed by atoms with Gasteiger partial charge in [0.15, 0.2) is 0 Å². The van der Waals surface area contributed by atoms with Crippen molar-refractivity contribution in [1.29, 1.82) is 0 Å². The van der Waals surface area contributed by atoms with Crippen molar-refractivity contribution < 1.29 is 24.1 Å². The van der Waals surface area contributed by atoms with Crippen LogP contribution in [-0.4, -0.2) is 44.1 Å². The van der Waals surface area contributed by atoms with Gasteiger partial charge in [-0.15, -0.1) is 0 Å². The van der Waals surface area contributed by atoms with Crippen LogP contribution in [0, 0.1) is 10.1 Å². The lowest BCUT2D eigenvalue weighted by atomic mass is 9.78. The van der Waals surface area contributed by atoms with E-state index in [1.165, 1.54) is 16.8 Å². The molecule has 9 nitrogen and oxygen atoms in total. The highest BCUT2D eigenvalue weighted by Gasteiger charge is 2.52. The largest absolute Gasteiger partial charge is 0.498 e. The number of carboxylic acids is 1. The van der Waals surface area contributed by atoms with Crippen molar-refractivity contribution in [2.75, 3.05) is 0 Å². The summed E-state index contributed by atoms with van der Waals surface area (Å²) in [4.78, 5) is 21.5. The van der Waals surface area contributed by atoms with Crippen LogP contribution in [0.4, 0.5) is 5.69 Å². The molecule has 0 bridgehead atoms. The fourth-order valence-corrected chi connectivity index (χ4v) is 2.76. The van der Waals surface area contributed by atoms with Crippen LogP contribution in [0.15, 0.2) is 30.5 Å². The molecule has 0 atom stereocenters. The Bertz CT molecular complexity index is 875. The monoisotopic (exact) mass is 373 g/mol. The molecule has 0 saturated carbocycles. The Balaban J connectivity index is 2.04. The van der Waals surface area contributed by atoms with Crippen LogP contribution in [0.5, 0.6) is 0 Å². The van der Waals surface area contributed by atoms with Crippen LogP contribution < -0.4 is 5.46 Å². The van der Waals surface area contributed by atoms with E-state index in [1.807, 2.05) is 27.7 Å². The van der Waals surface area contributed by atoms with E-state index in [-0.39, 0.29) is 12.2 Å². The summed E-state index contributed by atoms with van der Waals surface area (Å²) in [5.74, 6) is -1.03. The Kier molecular flexibility index (Phi) is 4.56. The van der Waals surface area contributed by atoms with Crippen molar-refractivity contribution >= 4 is 24.2 Å². The van der Waals surface area contributed by atoms with Crippen LogP contribution in [0.1, 0.15) is 27.7 Å². The van der Waals surface area contributed by atoms with Gasteiger partial charge in [-0.3, -0.25) is 19.6 Å². The third-order valence-corrected chi connectivity index (χ3v) is 4.95. The fourth-order valence-electron chi connectivity index (χ4n) is 2.76. The molecule has 2 aromatic rings. The molecule has 1 N–H and O–H groups in total. The third-order valence-electron chi connectivity index (χ3n) is 4.95. The van der Waals surface area contributed by atoms with Crippen LogP contribution in [0.2, 0.25) is 0 Å². The topological polar surface area (TPSA) is 117 Å². The minimum Gasteiger partial charge on any atom is -0.480 e. The lowest BCUT2D eigenvalue weighted by Gasteiger charge is -2.32. The maximum absolute atomic E-state index is 11.1. The van der Waals surface area contributed by atoms with Crippen LogP contribution >= 0.6 is 0 Å². The lowest BCUT2D eigenvalue weighted by Crippen LogP contribution is -2.41. The Labute approximate surface area is 156 Å². The first kappa shape index (κ1) is 19.1. The fraction of sp³-hybridized carbons (Fsp3) is 0.412. The molecule has 27 heavy (non-hydrogen) atoms. The summed E-state index contributed by atoms with van der Waals surface area (Å²) in [6, 6.07) is 5.89. The first-order chi connectivity index (χ1) is 12.5. The molecular weight excluding hydrogens is 353 g/mol. The number of aliphatic carboxylic acids is 1. The van der Waals surface area contributed by atoms with E-state index in [1.54, 1.807) is 18.3 Å². The number of hydrogen-bond donors (Lipinski definition) is 1. The maximum atomic E-state index is 11.1. The summed E-state index contributed by atoms with van der Waals surface area (Å²) in [6.07, 6.45) is 1.58. The minimum atomic E-state index is -1.03. The van der Waals surface area contributed by atoms with E-state index < -0.39 is 29.2 Å². The molecule has 0 aliphatic carbocycles. The molecule has 0 amide bonds. The second-order valence-electron chi connectivity index (χ2n) is 7.42. The van der Waals surface area contributed by atoms with Gasteiger partial charge in [-0.1, -0.05) is 0 Å². The quantitative estimate of drug-likeness (QED) is 0.483. The van der Waals surface area contributed by atoms with Crippen molar-refractivity contribution in [1.82, 2.24) is 9.78 Å². The summed E-state index contributed by atoms with van der Waals surface area (Å²) < 4.78 is 13.4.